The molecule has 0 fully saturated rings. The molecule has 0 aliphatic rings. The summed E-state index contributed by atoms with van der Waals surface area (Å²) in [6.45, 7) is 3.96. The van der Waals surface area contributed by atoms with Gasteiger partial charge in [-0.15, -0.1) is 0 Å². The molecule has 0 atom stereocenters. The van der Waals surface area contributed by atoms with Crippen LogP contribution in [0.15, 0.2) is 36.7 Å². The summed E-state index contributed by atoms with van der Waals surface area (Å²) in [5.41, 5.74) is 0.578. The third kappa shape index (κ3) is 3.37. The van der Waals surface area contributed by atoms with Gasteiger partial charge in [-0.05, 0) is 31.4 Å². The van der Waals surface area contributed by atoms with E-state index < -0.39 is 5.97 Å². The molecule has 2 rings (SSSR count). The topological polar surface area (TPSA) is 70.5 Å². The molecule has 0 radical (unpaired) electrons. The maximum Gasteiger partial charge on any atom is 0.305 e. The Hall–Kier alpha value is -2.43. The Balaban J connectivity index is 2.37. The van der Waals surface area contributed by atoms with Gasteiger partial charge in [0.1, 0.15) is 0 Å². The molecular formula is C16H18N2O3. The van der Waals surface area contributed by atoms with Crippen LogP contribution in [0, 0.1) is 0 Å². The first-order chi connectivity index (χ1) is 10.0. The van der Waals surface area contributed by atoms with Crippen LogP contribution in [-0.2, 0) is 4.79 Å². The molecule has 1 amide bonds. The van der Waals surface area contributed by atoms with E-state index in [-0.39, 0.29) is 24.9 Å². The Morgan fingerprint density at radius 2 is 2.05 bits per heavy atom. The second kappa shape index (κ2) is 6.35. The van der Waals surface area contributed by atoms with Gasteiger partial charge in [-0.2, -0.15) is 0 Å². The lowest BCUT2D eigenvalue weighted by molar-refractivity contribution is -0.137. The van der Waals surface area contributed by atoms with Crippen molar-refractivity contribution in [3.05, 3.63) is 42.2 Å². The summed E-state index contributed by atoms with van der Waals surface area (Å²) < 4.78 is 0. The predicted molar refractivity (Wildman–Crippen MR) is 80.2 cm³/mol. The smallest absolute Gasteiger partial charge is 0.305 e. The summed E-state index contributed by atoms with van der Waals surface area (Å²) in [6.07, 6.45) is 3.30. The first kappa shape index (κ1) is 15.0. The van der Waals surface area contributed by atoms with Crippen molar-refractivity contribution in [2.45, 2.75) is 26.3 Å². The summed E-state index contributed by atoms with van der Waals surface area (Å²) in [5.74, 6) is -1.06. The number of aromatic nitrogens is 1. The number of carbonyl (C=O) groups is 2. The van der Waals surface area contributed by atoms with E-state index in [1.165, 1.54) is 0 Å². The highest BCUT2D eigenvalue weighted by molar-refractivity contribution is 6.06. The molecule has 110 valence electrons. The van der Waals surface area contributed by atoms with Crippen LogP contribution in [0.2, 0.25) is 0 Å². The van der Waals surface area contributed by atoms with E-state index in [1.807, 2.05) is 26.0 Å². The minimum absolute atomic E-state index is 0.0593. The third-order valence-electron chi connectivity index (χ3n) is 3.36. The van der Waals surface area contributed by atoms with Gasteiger partial charge in [0, 0.05) is 35.9 Å². The maximum atomic E-state index is 12.7. The number of aliphatic carboxylic acids is 1. The number of carboxylic acid groups (broad SMARTS) is 1. The molecule has 2 aromatic rings. The number of pyridine rings is 1. The molecule has 0 saturated carbocycles. The van der Waals surface area contributed by atoms with Crippen molar-refractivity contribution in [3.63, 3.8) is 0 Å². The van der Waals surface area contributed by atoms with Gasteiger partial charge >= 0.3 is 5.97 Å². The number of hydrogen-bond acceptors (Lipinski definition) is 3. The average molecular weight is 286 g/mol. The molecule has 0 saturated heterocycles. The van der Waals surface area contributed by atoms with Crippen molar-refractivity contribution < 1.29 is 14.7 Å². The predicted octanol–water partition coefficient (Wildman–Crippen LogP) is 2.56. The van der Waals surface area contributed by atoms with Gasteiger partial charge in [0.15, 0.2) is 0 Å². The maximum absolute atomic E-state index is 12.7. The zero-order valence-corrected chi connectivity index (χ0v) is 12.1. The van der Waals surface area contributed by atoms with Gasteiger partial charge < -0.3 is 10.0 Å². The van der Waals surface area contributed by atoms with Gasteiger partial charge in [-0.1, -0.05) is 12.1 Å². The second-order valence-electron chi connectivity index (χ2n) is 5.14. The van der Waals surface area contributed by atoms with Crippen LogP contribution >= 0.6 is 0 Å². The van der Waals surface area contributed by atoms with Gasteiger partial charge in [-0.3, -0.25) is 14.6 Å². The van der Waals surface area contributed by atoms with E-state index in [4.69, 9.17) is 5.11 Å². The molecule has 1 aromatic heterocycles. The molecule has 21 heavy (non-hydrogen) atoms. The number of benzene rings is 1. The lowest BCUT2D eigenvalue weighted by Crippen LogP contribution is -2.38. The largest absolute Gasteiger partial charge is 0.481 e. The lowest BCUT2D eigenvalue weighted by atomic mass is 10.0. The van der Waals surface area contributed by atoms with E-state index in [2.05, 4.69) is 4.98 Å². The Labute approximate surface area is 123 Å². The van der Waals surface area contributed by atoms with Crippen LogP contribution in [0.3, 0.4) is 0 Å². The van der Waals surface area contributed by atoms with E-state index in [1.54, 1.807) is 29.4 Å². The first-order valence-electron chi connectivity index (χ1n) is 6.86. The van der Waals surface area contributed by atoms with Crippen molar-refractivity contribution in [3.8, 4) is 0 Å². The van der Waals surface area contributed by atoms with E-state index in [0.717, 1.165) is 10.8 Å². The average Bonchev–Trinajstić information content (AvgIpc) is 2.46. The molecule has 0 spiro atoms. The third-order valence-corrected chi connectivity index (χ3v) is 3.36. The van der Waals surface area contributed by atoms with Crippen molar-refractivity contribution in [1.82, 2.24) is 9.88 Å². The molecule has 0 bridgehead atoms. The number of carboxylic acids is 1. The minimum Gasteiger partial charge on any atom is -0.481 e. The Morgan fingerprint density at radius 1 is 1.29 bits per heavy atom. The van der Waals surface area contributed by atoms with Crippen LogP contribution in [-0.4, -0.2) is 39.5 Å². The second-order valence-corrected chi connectivity index (χ2v) is 5.14. The van der Waals surface area contributed by atoms with Crippen molar-refractivity contribution >= 4 is 22.6 Å². The van der Waals surface area contributed by atoms with Crippen molar-refractivity contribution in [2.24, 2.45) is 0 Å². The summed E-state index contributed by atoms with van der Waals surface area (Å²) in [6, 6.07) is 7.22. The van der Waals surface area contributed by atoms with Gasteiger partial charge in [0.25, 0.3) is 5.91 Å². The molecule has 1 aromatic carbocycles. The fourth-order valence-electron chi connectivity index (χ4n) is 2.27. The fourth-order valence-corrected chi connectivity index (χ4v) is 2.27. The molecular weight excluding hydrogens is 268 g/mol. The number of rotatable bonds is 5. The molecule has 1 heterocycles. The van der Waals surface area contributed by atoms with E-state index >= 15 is 0 Å². The minimum atomic E-state index is -0.907. The highest BCUT2D eigenvalue weighted by Gasteiger charge is 2.21. The van der Waals surface area contributed by atoms with Crippen LogP contribution < -0.4 is 0 Å². The standard InChI is InChI=1S/C16H18N2O3/c1-11(2)18(9-7-15(19)20)16(21)14-5-3-4-12-10-17-8-6-13(12)14/h3-6,8,10-11H,7,9H2,1-2H3,(H,19,20). The zero-order chi connectivity index (χ0) is 15.4. The number of carbonyl (C=O) groups excluding carboxylic acids is 1. The summed E-state index contributed by atoms with van der Waals surface area (Å²) in [4.78, 5) is 29.1. The van der Waals surface area contributed by atoms with E-state index in [0.29, 0.717) is 5.56 Å². The highest BCUT2D eigenvalue weighted by Crippen LogP contribution is 2.20. The monoisotopic (exact) mass is 286 g/mol. The quantitative estimate of drug-likeness (QED) is 0.917. The number of fused-ring (bicyclic) bond motifs is 1. The molecule has 0 aliphatic heterocycles. The van der Waals surface area contributed by atoms with E-state index in [9.17, 15) is 9.59 Å². The Kier molecular flexibility index (Phi) is 4.52. The molecule has 5 nitrogen and oxygen atoms in total. The SMILES string of the molecule is CC(C)N(CCC(=O)O)C(=O)c1cccc2cnccc12. The number of hydrogen-bond donors (Lipinski definition) is 1. The highest BCUT2D eigenvalue weighted by atomic mass is 16.4. The van der Waals surface area contributed by atoms with Crippen LogP contribution in [0.5, 0.6) is 0 Å². The fraction of sp³-hybridized carbons (Fsp3) is 0.312. The van der Waals surface area contributed by atoms with Gasteiger partial charge in [-0.25, -0.2) is 0 Å². The van der Waals surface area contributed by atoms with Crippen molar-refractivity contribution in [1.29, 1.82) is 0 Å². The van der Waals surface area contributed by atoms with Gasteiger partial charge in [0.05, 0.1) is 6.42 Å². The first-order valence-corrected chi connectivity index (χ1v) is 6.86. The Morgan fingerprint density at radius 3 is 2.71 bits per heavy atom. The van der Waals surface area contributed by atoms with Crippen molar-refractivity contribution in [2.75, 3.05) is 6.54 Å². The summed E-state index contributed by atoms with van der Waals surface area (Å²) in [7, 11) is 0. The lowest BCUT2D eigenvalue weighted by Gasteiger charge is -2.26. The molecule has 0 unspecified atom stereocenters. The Bertz CT molecular complexity index is 662. The molecule has 1 N–H and O–H groups in total. The normalized spacial score (nSPS) is 10.8. The number of nitrogens with zero attached hydrogens (tertiary/aromatic N) is 2. The summed E-state index contributed by atoms with van der Waals surface area (Å²) in [5, 5.41) is 10.5. The molecule has 5 heteroatoms. The van der Waals surface area contributed by atoms with Crippen LogP contribution in [0.25, 0.3) is 10.8 Å². The van der Waals surface area contributed by atoms with Gasteiger partial charge in [0.2, 0.25) is 0 Å². The number of amides is 1. The summed E-state index contributed by atoms with van der Waals surface area (Å²) >= 11 is 0. The van der Waals surface area contributed by atoms with Crippen LogP contribution in [0.1, 0.15) is 30.6 Å². The zero-order valence-electron chi connectivity index (χ0n) is 12.1. The van der Waals surface area contributed by atoms with Crippen LogP contribution in [0.4, 0.5) is 0 Å². The molecule has 0 aliphatic carbocycles.